The minimum absolute atomic E-state index is 0.0368. The lowest BCUT2D eigenvalue weighted by Crippen LogP contribution is -2.39. The molecule has 0 aromatic heterocycles. The van der Waals surface area contributed by atoms with Crippen molar-refractivity contribution in [1.82, 2.24) is 4.90 Å². The van der Waals surface area contributed by atoms with Crippen LogP contribution in [0.15, 0.2) is 18.2 Å². The van der Waals surface area contributed by atoms with E-state index < -0.39 is 0 Å². The Bertz CT molecular complexity index is 416. The van der Waals surface area contributed by atoms with Crippen molar-refractivity contribution in [2.75, 3.05) is 25.1 Å². The molecule has 1 aromatic carbocycles. The van der Waals surface area contributed by atoms with Gasteiger partial charge in [-0.1, -0.05) is 13.3 Å². The van der Waals surface area contributed by atoms with E-state index in [1.54, 1.807) is 6.07 Å². The molecule has 1 atom stereocenters. The van der Waals surface area contributed by atoms with E-state index >= 15 is 0 Å². The first-order valence-electron chi connectivity index (χ1n) is 6.29. The summed E-state index contributed by atoms with van der Waals surface area (Å²) in [4.78, 5) is 14.1. The van der Waals surface area contributed by atoms with Gasteiger partial charge >= 0.3 is 0 Å². The lowest BCUT2D eigenvalue weighted by molar-refractivity contribution is -0.120. The highest BCUT2D eigenvalue weighted by Gasteiger charge is 2.20. The maximum atomic E-state index is 12.2. The number of hydrogen-bond acceptors (Lipinski definition) is 3. The number of likely N-dealkylation sites (N-methyl/N-ethyl adjacent to an activating group) is 1. The molecule has 4 nitrogen and oxygen atoms in total. The molecule has 0 bridgehead atoms. The Balaban J connectivity index is 2.79. The van der Waals surface area contributed by atoms with Crippen molar-refractivity contribution in [3.63, 3.8) is 0 Å². The standard InChI is InChI=1S/C14H23N3O/c1-5-6-13(17(3)4)14(18)16-12-8-7-11(15)9-10(12)2/h7-9,13H,5-6,15H2,1-4H3,(H,16,18). The number of amides is 1. The smallest absolute Gasteiger partial charge is 0.241 e. The van der Waals surface area contributed by atoms with Gasteiger partial charge in [-0.2, -0.15) is 0 Å². The second-order valence-corrected chi connectivity index (χ2v) is 4.83. The van der Waals surface area contributed by atoms with Gasteiger partial charge in [-0.05, 0) is 51.2 Å². The van der Waals surface area contributed by atoms with Crippen molar-refractivity contribution < 1.29 is 4.79 Å². The summed E-state index contributed by atoms with van der Waals surface area (Å²) >= 11 is 0. The third kappa shape index (κ3) is 3.74. The molecular weight excluding hydrogens is 226 g/mol. The van der Waals surface area contributed by atoms with Crippen molar-refractivity contribution in [3.05, 3.63) is 23.8 Å². The molecule has 100 valence electrons. The highest BCUT2D eigenvalue weighted by molar-refractivity contribution is 5.95. The summed E-state index contributed by atoms with van der Waals surface area (Å²) in [6.45, 7) is 4.02. The maximum Gasteiger partial charge on any atom is 0.241 e. The van der Waals surface area contributed by atoms with Gasteiger partial charge in [0.15, 0.2) is 0 Å². The lowest BCUT2D eigenvalue weighted by atomic mass is 10.1. The van der Waals surface area contributed by atoms with E-state index in [9.17, 15) is 4.79 Å². The summed E-state index contributed by atoms with van der Waals surface area (Å²) in [6.07, 6.45) is 1.84. The molecule has 0 spiro atoms. The first-order valence-corrected chi connectivity index (χ1v) is 6.29. The quantitative estimate of drug-likeness (QED) is 0.787. The Hall–Kier alpha value is -1.55. The number of nitrogen functional groups attached to an aromatic ring is 1. The first kappa shape index (κ1) is 14.5. The number of benzene rings is 1. The molecule has 4 heteroatoms. The number of carbonyl (C=O) groups excluding carboxylic acids is 1. The predicted octanol–water partition coefficient (Wildman–Crippen LogP) is 2.25. The number of aryl methyl sites for hydroxylation is 1. The topological polar surface area (TPSA) is 58.4 Å². The van der Waals surface area contributed by atoms with E-state index in [1.807, 2.05) is 38.1 Å². The first-order chi connectivity index (χ1) is 8.45. The monoisotopic (exact) mass is 249 g/mol. The van der Waals surface area contributed by atoms with E-state index in [0.29, 0.717) is 5.69 Å². The molecule has 0 fully saturated rings. The average molecular weight is 249 g/mol. The molecule has 1 aromatic rings. The summed E-state index contributed by atoms with van der Waals surface area (Å²) in [5.41, 5.74) is 8.22. The fourth-order valence-electron chi connectivity index (χ4n) is 1.94. The summed E-state index contributed by atoms with van der Waals surface area (Å²) in [6, 6.07) is 5.42. The fourth-order valence-corrected chi connectivity index (χ4v) is 1.94. The van der Waals surface area contributed by atoms with Gasteiger partial charge in [0.2, 0.25) is 5.91 Å². The zero-order valence-electron chi connectivity index (χ0n) is 11.7. The highest BCUT2D eigenvalue weighted by atomic mass is 16.2. The molecule has 3 N–H and O–H groups in total. The molecule has 0 radical (unpaired) electrons. The fraction of sp³-hybridized carbons (Fsp3) is 0.500. The Morgan fingerprint density at radius 1 is 1.44 bits per heavy atom. The van der Waals surface area contributed by atoms with Gasteiger partial charge in [-0.3, -0.25) is 9.69 Å². The molecule has 0 aliphatic carbocycles. The summed E-state index contributed by atoms with van der Waals surface area (Å²) in [5.74, 6) is 0.0368. The molecule has 0 saturated carbocycles. The molecule has 0 heterocycles. The van der Waals surface area contributed by atoms with Gasteiger partial charge in [0.25, 0.3) is 0 Å². The van der Waals surface area contributed by atoms with Crippen LogP contribution in [0.25, 0.3) is 0 Å². The lowest BCUT2D eigenvalue weighted by Gasteiger charge is -2.23. The van der Waals surface area contributed by atoms with Crippen LogP contribution in [-0.4, -0.2) is 30.9 Å². The summed E-state index contributed by atoms with van der Waals surface area (Å²) in [7, 11) is 3.85. The minimum atomic E-state index is -0.0908. The molecule has 0 aliphatic heterocycles. The van der Waals surface area contributed by atoms with Crippen LogP contribution in [0.1, 0.15) is 25.3 Å². The predicted molar refractivity (Wildman–Crippen MR) is 76.6 cm³/mol. The van der Waals surface area contributed by atoms with Gasteiger partial charge in [0.1, 0.15) is 0 Å². The molecule has 0 saturated heterocycles. The summed E-state index contributed by atoms with van der Waals surface area (Å²) in [5, 5.41) is 2.97. The van der Waals surface area contributed by atoms with Gasteiger partial charge < -0.3 is 11.1 Å². The van der Waals surface area contributed by atoms with E-state index in [0.717, 1.165) is 24.1 Å². The van der Waals surface area contributed by atoms with Crippen molar-refractivity contribution in [3.8, 4) is 0 Å². The summed E-state index contributed by atoms with van der Waals surface area (Å²) < 4.78 is 0. The molecule has 1 rings (SSSR count). The largest absolute Gasteiger partial charge is 0.399 e. The van der Waals surface area contributed by atoms with Crippen LogP contribution in [0, 0.1) is 6.92 Å². The number of hydrogen-bond donors (Lipinski definition) is 2. The Labute approximate surface area is 109 Å². The number of rotatable bonds is 5. The van der Waals surface area contributed by atoms with Crippen molar-refractivity contribution in [2.24, 2.45) is 0 Å². The second kappa shape index (κ2) is 6.40. The molecule has 1 amide bonds. The van der Waals surface area contributed by atoms with Crippen LogP contribution in [0.4, 0.5) is 11.4 Å². The molecule has 0 aliphatic rings. The zero-order valence-corrected chi connectivity index (χ0v) is 11.7. The van der Waals surface area contributed by atoms with E-state index in [1.165, 1.54) is 0 Å². The Morgan fingerprint density at radius 3 is 2.61 bits per heavy atom. The maximum absolute atomic E-state index is 12.2. The van der Waals surface area contributed by atoms with E-state index in [-0.39, 0.29) is 11.9 Å². The highest BCUT2D eigenvalue weighted by Crippen LogP contribution is 2.18. The van der Waals surface area contributed by atoms with Gasteiger partial charge in [-0.25, -0.2) is 0 Å². The van der Waals surface area contributed by atoms with Gasteiger partial charge in [0, 0.05) is 11.4 Å². The average Bonchev–Trinajstić information content (AvgIpc) is 2.29. The van der Waals surface area contributed by atoms with Crippen LogP contribution in [0.5, 0.6) is 0 Å². The Morgan fingerprint density at radius 2 is 2.11 bits per heavy atom. The second-order valence-electron chi connectivity index (χ2n) is 4.83. The number of nitrogens with one attached hydrogen (secondary N) is 1. The van der Waals surface area contributed by atoms with Crippen molar-refractivity contribution >= 4 is 17.3 Å². The Kier molecular flexibility index (Phi) is 5.16. The molecular formula is C14H23N3O. The van der Waals surface area contributed by atoms with Crippen LogP contribution in [-0.2, 0) is 4.79 Å². The number of carbonyl (C=O) groups is 1. The third-order valence-corrected chi connectivity index (χ3v) is 3.00. The molecule has 1 unspecified atom stereocenters. The van der Waals surface area contributed by atoms with Crippen molar-refractivity contribution in [2.45, 2.75) is 32.7 Å². The number of anilines is 2. The van der Waals surface area contributed by atoms with Crippen LogP contribution in [0.3, 0.4) is 0 Å². The van der Waals surface area contributed by atoms with Gasteiger partial charge in [-0.15, -0.1) is 0 Å². The SMILES string of the molecule is CCCC(C(=O)Nc1ccc(N)cc1C)N(C)C. The zero-order chi connectivity index (χ0) is 13.7. The minimum Gasteiger partial charge on any atom is -0.399 e. The van der Waals surface area contributed by atoms with Crippen LogP contribution >= 0.6 is 0 Å². The van der Waals surface area contributed by atoms with Crippen molar-refractivity contribution in [1.29, 1.82) is 0 Å². The molecule has 18 heavy (non-hydrogen) atoms. The van der Waals surface area contributed by atoms with Gasteiger partial charge in [0.05, 0.1) is 6.04 Å². The number of nitrogens with zero attached hydrogens (tertiary/aromatic N) is 1. The van der Waals surface area contributed by atoms with Crippen LogP contribution in [0.2, 0.25) is 0 Å². The number of nitrogens with two attached hydrogens (primary N) is 1. The van der Waals surface area contributed by atoms with E-state index in [2.05, 4.69) is 12.2 Å². The van der Waals surface area contributed by atoms with E-state index in [4.69, 9.17) is 5.73 Å². The third-order valence-electron chi connectivity index (χ3n) is 3.00. The normalized spacial score (nSPS) is 12.5. The van der Waals surface area contributed by atoms with Crippen LogP contribution < -0.4 is 11.1 Å².